The third-order valence-electron chi connectivity index (χ3n) is 3.19. The Bertz CT molecular complexity index is 636. The SMILES string of the molecule is CC(=O)N[C@H]1OC(=O)N(c2ccc(C(=O)NO)c(F)c2)C1C. The van der Waals surface area contributed by atoms with E-state index in [4.69, 9.17) is 9.94 Å². The lowest BCUT2D eigenvalue weighted by atomic mass is 10.1. The van der Waals surface area contributed by atoms with E-state index in [1.165, 1.54) is 18.5 Å². The summed E-state index contributed by atoms with van der Waals surface area (Å²) in [5, 5.41) is 11.0. The van der Waals surface area contributed by atoms with E-state index in [9.17, 15) is 18.8 Å². The van der Waals surface area contributed by atoms with Crippen LogP contribution in [0.15, 0.2) is 18.2 Å². The second-order valence-electron chi connectivity index (χ2n) is 4.72. The van der Waals surface area contributed by atoms with Crippen LogP contribution in [0.5, 0.6) is 0 Å². The Morgan fingerprint density at radius 1 is 1.41 bits per heavy atom. The van der Waals surface area contributed by atoms with Gasteiger partial charge < -0.3 is 10.1 Å². The van der Waals surface area contributed by atoms with Crippen LogP contribution in [0.3, 0.4) is 0 Å². The minimum atomic E-state index is -1.00. The molecule has 1 unspecified atom stereocenters. The summed E-state index contributed by atoms with van der Waals surface area (Å²) in [5.74, 6) is -2.28. The molecule has 8 nitrogen and oxygen atoms in total. The van der Waals surface area contributed by atoms with Crippen LogP contribution in [0.2, 0.25) is 0 Å². The van der Waals surface area contributed by atoms with E-state index >= 15 is 0 Å². The third kappa shape index (κ3) is 2.84. The first-order valence-electron chi connectivity index (χ1n) is 6.36. The lowest BCUT2D eigenvalue weighted by molar-refractivity contribution is -0.121. The van der Waals surface area contributed by atoms with E-state index in [-0.39, 0.29) is 17.2 Å². The molecule has 0 aromatic heterocycles. The minimum absolute atomic E-state index is 0.164. The van der Waals surface area contributed by atoms with Crippen LogP contribution in [-0.4, -0.2) is 35.4 Å². The van der Waals surface area contributed by atoms with Crippen LogP contribution >= 0.6 is 0 Å². The molecule has 1 aliphatic heterocycles. The summed E-state index contributed by atoms with van der Waals surface area (Å²) in [5.41, 5.74) is 1.12. The average Bonchev–Trinajstić information content (AvgIpc) is 2.71. The Morgan fingerprint density at radius 3 is 2.64 bits per heavy atom. The molecular weight excluding hydrogens is 297 g/mol. The summed E-state index contributed by atoms with van der Waals surface area (Å²) in [6.07, 6.45) is -1.60. The van der Waals surface area contributed by atoms with E-state index in [0.29, 0.717) is 0 Å². The number of hydroxylamine groups is 1. The molecule has 1 aromatic carbocycles. The molecule has 2 atom stereocenters. The number of nitrogens with zero attached hydrogens (tertiary/aromatic N) is 1. The Labute approximate surface area is 124 Å². The maximum atomic E-state index is 13.9. The average molecular weight is 311 g/mol. The van der Waals surface area contributed by atoms with Gasteiger partial charge in [0.05, 0.1) is 17.3 Å². The number of anilines is 1. The molecule has 0 bridgehead atoms. The molecule has 3 amide bonds. The number of nitrogens with one attached hydrogen (secondary N) is 2. The highest BCUT2D eigenvalue weighted by molar-refractivity contribution is 5.95. The first kappa shape index (κ1) is 15.7. The van der Waals surface area contributed by atoms with Gasteiger partial charge >= 0.3 is 6.09 Å². The van der Waals surface area contributed by atoms with Gasteiger partial charge in [-0.3, -0.25) is 19.7 Å². The third-order valence-corrected chi connectivity index (χ3v) is 3.19. The molecule has 1 heterocycles. The van der Waals surface area contributed by atoms with Crippen molar-refractivity contribution in [3.8, 4) is 0 Å². The molecule has 118 valence electrons. The number of cyclic esters (lactones) is 1. The van der Waals surface area contributed by atoms with Crippen LogP contribution < -0.4 is 15.7 Å². The summed E-state index contributed by atoms with van der Waals surface area (Å²) in [7, 11) is 0. The molecule has 0 radical (unpaired) electrons. The minimum Gasteiger partial charge on any atom is -0.423 e. The van der Waals surface area contributed by atoms with Crippen molar-refractivity contribution in [2.24, 2.45) is 0 Å². The van der Waals surface area contributed by atoms with Crippen molar-refractivity contribution in [2.75, 3.05) is 4.90 Å². The molecule has 1 aromatic rings. The molecule has 1 fully saturated rings. The molecule has 3 N–H and O–H groups in total. The van der Waals surface area contributed by atoms with Crippen molar-refractivity contribution in [3.05, 3.63) is 29.6 Å². The normalized spacial score (nSPS) is 20.5. The quantitative estimate of drug-likeness (QED) is 0.564. The summed E-state index contributed by atoms with van der Waals surface area (Å²) >= 11 is 0. The molecule has 0 aliphatic carbocycles. The first-order valence-corrected chi connectivity index (χ1v) is 6.36. The summed E-state index contributed by atoms with van der Waals surface area (Å²) in [6, 6.07) is 2.87. The highest BCUT2D eigenvalue weighted by atomic mass is 19.1. The molecule has 0 saturated carbocycles. The Morgan fingerprint density at radius 2 is 2.09 bits per heavy atom. The fourth-order valence-electron chi connectivity index (χ4n) is 2.15. The number of halogens is 1. The zero-order valence-electron chi connectivity index (χ0n) is 11.8. The van der Waals surface area contributed by atoms with Gasteiger partial charge in [0, 0.05) is 6.92 Å². The van der Waals surface area contributed by atoms with Crippen molar-refractivity contribution in [2.45, 2.75) is 26.1 Å². The van der Waals surface area contributed by atoms with E-state index in [1.807, 2.05) is 0 Å². The molecule has 22 heavy (non-hydrogen) atoms. The number of carbonyl (C=O) groups excluding carboxylic acids is 3. The fourth-order valence-corrected chi connectivity index (χ4v) is 2.15. The van der Waals surface area contributed by atoms with E-state index in [0.717, 1.165) is 17.0 Å². The Balaban J connectivity index is 2.28. The van der Waals surface area contributed by atoms with Crippen molar-refractivity contribution in [3.63, 3.8) is 0 Å². The lowest BCUT2D eigenvalue weighted by Crippen LogP contribution is -2.43. The number of carbonyl (C=O) groups is 3. The van der Waals surface area contributed by atoms with Gasteiger partial charge in [-0.1, -0.05) is 0 Å². The highest BCUT2D eigenvalue weighted by Gasteiger charge is 2.40. The summed E-state index contributed by atoms with van der Waals surface area (Å²) < 4.78 is 18.9. The van der Waals surface area contributed by atoms with Gasteiger partial charge in [-0.05, 0) is 25.1 Å². The van der Waals surface area contributed by atoms with Crippen LogP contribution in [0.1, 0.15) is 24.2 Å². The summed E-state index contributed by atoms with van der Waals surface area (Å²) in [4.78, 5) is 35.3. The number of benzene rings is 1. The molecule has 2 rings (SSSR count). The highest BCUT2D eigenvalue weighted by Crippen LogP contribution is 2.27. The van der Waals surface area contributed by atoms with Gasteiger partial charge in [0.2, 0.25) is 5.91 Å². The van der Waals surface area contributed by atoms with E-state index in [1.54, 1.807) is 6.92 Å². The van der Waals surface area contributed by atoms with Crippen molar-refractivity contribution in [1.82, 2.24) is 10.8 Å². The van der Waals surface area contributed by atoms with Crippen LogP contribution in [0.25, 0.3) is 0 Å². The van der Waals surface area contributed by atoms with Crippen LogP contribution in [0, 0.1) is 5.82 Å². The van der Waals surface area contributed by atoms with Crippen LogP contribution in [-0.2, 0) is 9.53 Å². The van der Waals surface area contributed by atoms with Gasteiger partial charge in [-0.15, -0.1) is 0 Å². The molecular formula is C13H14FN3O5. The monoisotopic (exact) mass is 311 g/mol. The second-order valence-corrected chi connectivity index (χ2v) is 4.72. The fraction of sp³-hybridized carbons (Fsp3) is 0.308. The molecule has 9 heteroatoms. The maximum Gasteiger partial charge on any atom is 0.416 e. The number of hydrogen-bond acceptors (Lipinski definition) is 5. The van der Waals surface area contributed by atoms with Crippen molar-refractivity contribution >= 4 is 23.6 Å². The topological polar surface area (TPSA) is 108 Å². The van der Waals surface area contributed by atoms with Gasteiger partial charge in [0.25, 0.3) is 5.91 Å². The van der Waals surface area contributed by atoms with E-state index < -0.39 is 30.1 Å². The van der Waals surface area contributed by atoms with Gasteiger partial charge in [-0.2, -0.15) is 0 Å². The maximum absolute atomic E-state index is 13.9. The largest absolute Gasteiger partial charge is 0.423 e. The zero-order valence-corrected chi connectivity index (χ0v) is 11.8. The predicted octanol–water partition coefficient (Wildman–Crippen LogP) is 0.752. The van der Waals surface area contributed by atoms with Gasteiger partial charge in [0.1, 0.15) is 5.82 Å². The van der Waals surface area contributed by atoms with Crippen molar-refractivity contribution < 1.29 is 28.7 Å². The Kier molecular flexibility index (Phi) is 4.27. The second kappa shape index (κ2) is 5.98. The lowest BCUT2D eigenvalue weighted by Gasteiger charge is -2.21. The molecule has 1 aliphatic rings. The molecule has 0 spiro atoms. The number of ether oxygens (including phenoxy) is 1. The van der Waals surface area contributed by atoms with E-state index in [2.05, 4.69) is 5.32 Å². The summed E-state index contributed by atoms with van der Waals surface area (Å²) in [6.45, 7) is 2.91. The smallest absolute Gasteiger partial charge is 0.416 e. The molecule has 1 saturated heterocycles. The predicted molar refractivity (Wildman–Crippen MR) is 71.7 cm³/mol. The van der Waals surface area contributed by atoms with Crippen LogP contribution in [0.4, 0.5) is 14.9 Å². The number of hydrogen-bond donors (Lipinski definition) is 3. The van der Waals surface area contributed by atoms with Gasteiger partial charge in [0.15, 0.2) is 6.23 Å². The number of rotatable bonds is 3. The van der Waals surface area contributed by atoms with Crippen molar-refractivity contribution in [1.29, 1.82) is 0 Å². The van der Waals surface area contributed by atoms with Gasteiger partial charge in [-0.25, -0.2) is 14.7 Å². The zero-order chi connectivity index (χ0) is 16.4. The first-order chi connectivity index (χ1) is 10.3. The number of amides is 3. The standard InChI is InChI=1S/C13H14FN3O5/c1-6-12(15-7(2)18)22-13(20)17(6)8-3-4-9(10(14)5-8)11(19)16-21/h3-6,12,21H,1-2H3,(H,15,18)(H,16,19)/t6?,12-/m0/s1. The Hall–Kier alpha value is -2.68.